The molecule has 0 aliphatic heterocycles. The van der Waals surface area contributed by atoms with Gasteiger partial charge in [0.2, 0.25) is 0 Å². The van der Waals surface area contributed by atoms with Crippen molar-refractivity contribution in [2.24, 2.45) is 0 Å². The second kappa shape index (κ2) is 6.19. The van der Waals surface area contributed by atoms with Gasteiger partial charge in [0.25, 0.3) is 0 Å². The van der Waals surface area contributed by atoms with Crippen LogP contribution in [-0.4, -0.2) is 25.4 Å². The molecule has 2 aromatic heterocycles. The van der Waals surface area contributed by atoms with Crippen molar-refractivity contribution in [2.75, 3.05) is 0 Å². The van der Waals surface area contributed by atoms with Crippen LogP contribution in [0.5, 0.6) is 0 Å². The lowest BCUT2D eigenvalue weighted by Crippen LogP contribution is -2.03. The van der Waals surface area contributed by atoms with Crippen molar-refractivity contribution in [3.05, 3.63) is 47.1 Å². The number of nitrogens with zero attached hydrogens (tertiary/aromatic N) is 3. The summed E-state index contributed by atoms with van der Waals surface area (Å²) in [5.74, 6) is -0.817. The highest BCUT2D eigenvalue weighted by molar-refractivity contribution is 6.31. The van der Waals surface area contributed by atoms with Crippen molar-refractivity contribution in [3.8, 4) is 5.69 Å². The van der Waals surface area contributed by atoms with E-state index < -0.39 is 11.8 Å². The largest absolute Gasteiger partial charge is 0.481 e. The molecule has 1 N–H and O–H groups in total. The van der Waals surface area contributed by atoms with Gasteiger partial charge >= 0.3 is 5.97 Å². The number of halogens is 2. The predicted octanol–water partition coefficient (Wildman–Crippen LogP) is 4.36. The van der Waals surface area contributed by atoms with Gasteiger partial charge in [-0.1, -0.05) is 17.7 Å². The van der Waals surface area contributed by atoms with Gasteiger partial charge in [-0.05, 0) is 37.3 Å². The van der Waals surface area contributed by atoms with Gasteiger partial charge < -0.3 is 9.67 Å². The molecular formula is C18H17ClFN3O2. The molecule has 0 spiro atoms. The molecule has 1 aliphatic carbocycles. The zero-order chi connectivity index (χ0) is 17.6. The molecule has 7 heteroatoms. The summed E-state index contributed by atoms with van der Waals surface area (Å²) in [4.78, 5) is 10.6. The minimum Gasteiger partial charge on any atom is -0.481 e. The Bertz CT molecular complexity index is 959. The Morgan fingerprint density at radius 1 is 1.40 bits per heavy atom. The molecular weight excluding hydrogens is 345 g/mol. The SMILES string of the molecule is O=C(O)CCCn1cc(-n2c(C3CC3)cc3ccc(Cl)c(F)c32)cn1. The summed E-state index contributed by atoms with van der Waals surface area (Å²) < 4.78 is 18.3. The highest BCUT2D eigenvalue weighted by Gasteiger charge is 2.30. The van der Waals surface area contributed by atoms with E-state index in [-0.39, 0.29) is 11.4 Å². The molecule has 1 aliphatic rings. The summed E-state index contributed by atoms with van der Waals surface area (Å²) in [5.41, 5.74) is 2.31. The number of fused-ring (bicyclic) bond motifs is 1. The standard InChI is InChI=1S/C18H17ClFN3O2/c19-14-6-5-12-8-15(11-3-4-11)23(18(12)17(14)20)13-9-21-22(10-13)7-1-2-16(24)25/h5-6,8-11H,1-4,7H2,(H,24,25). The average Bonchev–Trinajstić information content (AvgIpc) is 3.19. The lowest BCUT2D eigenvalue weighted by atomic mass is 10.2. The molecule has 5 nitrogen and oxygen atoms in total. The second-order valence-electron chi connectivity index (χ2n) is 6.44. The molecule has 25 heavy (non-hydrogen) atoms. The van der Waals surface area contributed by atoms with Crippen molar-refractivity contribution in [3.63, 3.8) is 0 Å². The molecule has 2 heterocycles. The zero-order valence-corrected chi connectivity index (χ0v) is 14.2. The van der Waals surface area contributed by atoms with Gasteiger partial charge in [0.05, 0.1) is 22.4 Å². The predicted molar refractivity (Wildman–Crippen MR) is 92.9 cm³/mol. The van der Waals surface area contributed by atoms with E-state index >= 15 is 0 Å². The number of carboxylic acids is 1. The van der Waals surface area contributed by atoms with Crippen LogP contribution < -0.4 is 0 Å². The van der Waals surface area contributed by atoms with E-state index in [1.165, 1.54) is 0 Å². The second-order valence-corrected chi connectivity index (χ2v) is 6.84. The van der Waals surface area contributed by atoms with Crippen LogP contribution in [0.1, 0.15) is 37.3 Å². The summed E-state index contributed by atoms with van der Waals surface area (Å²) in [6.45, 7) is 0.507. The Kier molecular flexibility index (Phi) is 4.00. The number of aliphatic carboxylic acids is 1. The molecule has 0 atom stereocenters. The van der Waals surface area contributed by atoms with Gasteiger partial charge in [0, 0.05) is 30.2 Å². The van der Waals surface area contributed by atoms with Crippen LogP contribution in [0, 0.1) is 5.82 Å². The number of carboxylic acid groups (broad SMARTS) is 1. The lowest BCUT2D eigenvalue weighted by molar-refractivity contribution is -0.137. The van der Waals surface area contributed by atoms with E-state index in [0.717, 1.165) is 29.6 Å². The third kappa shape index (κ3) is 3.02. The van der Waals surface area contributed by atoms with Crippen molar-refractivity contribution < 1.29 is 14.3 Å². The molecule has 1 saturated carbocycles. The fourth-order valence-corrected chi connectivity index (χ4v) is 3.34. The number of hydrogen-bond donors (Lipinski definition) is 1. The Morgan fingerprint density at radius 2 is 2.20 bits per heavy atom. The Hall–Kier alpha value is -2.34. The minimum atomic E-state index is -0.823. The lowest BCUT2D eigenvalue weighted by Gasteiger charge is -2.08. The van der Waals surface area contributed by atoms with Crippen LogP contribution in [0.4, 0.5) is 4.39 Å². The molecule has 0 amide bonds. The summed E-state index contributed by atoms with van der Waals surface area (Å²) in [6.07, 6.45) is 6.30. The van der Waals surface area contributed by atoms with Gasteiger partial charge in [-0.2, -0.15) is 5.10 Å². The first kappa shape index (κ1) is 16.1. The van der Waals surface area contributed by atoms with Crippen LogP contribution >= 0.6 is 11.6 Å². The number of aryl methyl sites for hydroxylation is 1. The Morgan fingerprint density at radius 3 is 2.92 bits per heavy atom. The van der Waals surface area contributed by atoms with Crippen molar-refractivity contribution in [1.29, 1.82) is 0 Å². The normalized spacial score (nSPS) is 14.3. The molecule has 0 radical (unpaired) electrons. The molecule has 1 aromatic carbocycles. The number of benzene rings is 1. The third-order valence-corrected chi connectivity index (χ3v) is 4.83. The number of carbonyl (C=O) groups is 1. The zero-order valence-electron chi connectivity index (χ0n) is 13.5. The average molecular weight is 362 g/mol. The van der Waals surface area contributed by atoms with Crippen LogP contribution in [0.2, 0.25) is 5.02 Å². The van der Waals surface area contributed by atoms with Crippen LogP contribution in [-0.2, 0) is 11.3 Å². The molecule has 130 valence electrons. The van der Waals surface area contributed by atoms with Gasteiger partial charge in [0.1, 0.15) is 0 Å². The van der Waals surface area contributed by atoms with E-state index in [0.29, 0.717) is 24.4 Å². The highest BCUT2D eigenvalue weighted by Crippen LogP contribution is 2.44. The minimum absolute atomic E-state index is 0.0964. The van der Waals surface area contributed by atoms with E-state index in [1.807, 2.05) is 22.9 Å². The van der Waals surface area contributed by atoms with E-state index in [9.17, 15) is 9.18 Å². The maximum Gasteiger partial charge on any atom is 0.303 e. The van der Waals surface area contributed by atoms with Crippen LogP contribution in [0.25, 0.3) is 16.6 Å². The van der Waals surface area contributed by atoms with Crippen molar-refractivity contribution in [2.45, 2.75) is 38.1 Å². The summed E-state index contributed by atoms with van der Waals surface area (Å²) in [5, 5.41) is 14.0. The molecule has 3 aromatic rings. The third-order valence-electron chi connectivity index (χ3n) is 4.54. The van der Waals surface area contributed by atoms with Gasteiger partial charge in [0.15, 0.2) is 5.82 Å². The van der Waals surface area contributed by atoms with E-state index in [4.69, 9.17) is 16.7 Å². The summed E-state index contributed by atoms with van der Waals surface area (Å²) in [7, 11) is 0. The van der Waals surface area contributed by atoms with Crippen molar-refractivity contribution in [1.82, 2.24) is 14.3 Å². The molecule has 0 saturated heterocycles. The maximum atomic E-state index is 14.7. The quantitative estimate of drug-likeness (QED) is 0.709. The fraction of sp³-hybridized carbons (Fsp3) is 0.333. The first-order chi connectivity index (χ1) is 12.0. The Balaban J connectivity index is 1.75. The van der Waals surface area contributed by atoms with Crippen LogP contribution in [0.15, 0.2) is 30.6 Å². The summed E-state index contributed by atoms with van der Waals surface area (Å²) in [6, 6.07) is 5.43. The van der Waals surface area contributed by atoms with Gasteiger partial charge in [-0.25, -0.2) is 4.39 Å². The monoisotopic (exact) mass is 361 g/mol. The van der Waals surface area contributed by atoms with E-state index in [1.54, 1.807) is 16.9 Å². The fourth-order valence-electron chi connectivity index (χ4n) is 3.19. The Labute approximate surface area is 148 Å². The van der Waals surface area contributed by atoms with Crippen molar-refractivity contribution >= 4 is 28.5 Å². The first-order valence-corrected chi connectivity index (χ1v) is 8.66. The number of aromatic nitrogens is 3. The van der Waals surface area contributed by atoms with Gasteiger partial charge in [-0.15, -0.1) is 0 Å². The topological polar surface area (TPSA) is 60.0 Å². The summed E-state index contributed by atoms with van der Waals surface area (Å²) >= 11 is 5.99. The number of rotatable bonds is 6. The van der Waals surface area contributed by atoms with Crippen LogP contribution in [0.3, 0.4) is 0 Å². The van der Waals surface area contributed by atoms with E-state index in [2.05, 4.69) is 5.10 Å². The maximum absolute atomic E-state index is 14.7. The number of hydrogen-bond acceptors (Lipinski definition) is 2. The van der Waals surface area contributed by atoms with Gasteiger partial charge in [-0.3, -0.25) is 9.48 Å². The first-order valence-electron chi connectivity index (χ1n) is 8.28. The molecule has 0 bridgehead atoms. The smallest absolute Gasteiger partial charge is 0.303 e. The molecule has 4 rings (SSSR count). The molecule has 0 unspecified atom stereocenters. The highest BCUT2D eigenvalue weighted by atomic mass is 35.5. The molecule has 1 fully saturated rings.